The van der Waals surface area contributed by atoms with E-state index in [4.69, 9.17) is 27.5 Å². The van der Waals surface area contributed by atoms with Crippen molar-refractivity contribution in [3.63, 3.8) is 0 Å². The molecule has 92 valence electrons. The topological polar surface area (TPSA) is 59.1 Å². The Bertz CT molecular complexity index is 601. The SMILES string of the molecule is N=C(N)c1ccc(Cl)cc1Oc1ccccc1F. The molecule has 0 saturated heterocycles. The van der Waals surface area contributed by atoms with Gasteiger partial charge >= 0.3 is 0 Å². The first kappa shape index (κ1) is 12.4. The molecule has 3 N–H and O–H groups in total. The van der Waals surface area contributed by atoms with Gasteiger partial charge in [0.05, 0.1) is 5.56 Å². The molecule has 2 aromatic carbocycles. The molecule has 18 heavy (non-hydrogen) atoms. The molecular weight excluding hydrogens is 255 g/mol. The van der Waals surface area contributed by atoms with Crippen molar-refractivity contribution >= 4 is 17.4 Å². The van der Waals surface area contributed by atoms with Crippen LogP contribution in [0, 0.1) is 11.2 Å². The van der Waals surface area contributed by atoms with Crippen molar-refractivity contribution in [1.29, 1.82) is 5.41 Å². The van der Waals surface area contributed by atoms with Gasteiger partial charge in [-0.3, -0.25) is 5.41 Å². The fourth-order valence-corrected chi connectivity index (χ4v) is 1.61. The third-order valence-corrected chi connectivity index (χ3v) is 2.53. The minimum absolute atomic E-state index is 0.0577. The summed E-state index contributed by atoms with van der Waals surface area (Å²) < 4.78 is 18.9. The Hall–Kier alpha value is -2.07. The lowest BCUT2D eigenvalue weighted by Gasteiger charge is -2.11. The first-order chi connectivity index (χ1) is 8.58. The van der Waals surface area contributed by atoms with Crippen LogP contribution in [-0.4, -0.2) is 5.84 Å². The Morgan fingerprint density at radius 1 is 1.17 bits per heavy atom. The zero-order valence-electron chi connectivity index (χ0n) is 9.28. The summed E-state index contributed by atoms with van der Waals surface area (Å²) in [6, 6.07) is 10.6. The van der Waals surface area contributed by atoms with Crippen LogP contribution in [0.5, 0.6) is 11.5 Å². The maximum Gasteiger partial charge on any atom is 0.165 e. The number of nitrogen functional groups attached to an aromatic ring is 1. The molecule has 3 nitrogen and oxygen atoms in total. The molecule has 0 heterocycles. The number of nitrogens with two attached hydrogens (primary N) is 1. The normalized spacial score (nSPS) is 10.1. The van der Waals surface area contributed by atoms with Crippen LogP contribution < -0.4 is 10.5 Å². The summed E-state index contributed by atoms with van der Waals surface area (Å²) in [5, 5.41) is 7.85. The number of rotatable bonds is 3. The van der Waals surface area contributed by atoms with Gasteiger partial charge in [0.1, 0.15) is 11.6 Å². The molecular formula is C13H10ClFN2O. The number of ether oxygens (including phenoxy) is 1. The lowest BCUT2D eigenvalue weighted by molar-refractivity contribution is 0.441. The van der Waals surface area contributed by atoms with Crippen molar-refractivity contribution in [3.05, 3.63) is 58.9 Å². The van der Waals surface area contributed by atoms with Gasteiger partial charge in [0.15, 0.2) is 11.6 Å². The summed E-state index contributed by atoms with van der Waals surface area (Å²) in [6.45, 7) is 0. The molecule has 0 saturated carbocycles. The Kier molecular flexibility index (Phi) is 3.48. The molecule has 0 aliphatic heterocycles. The van der Waals surface area contributed by atoms with E-state index in [9.17, 15) is 4.39 Å². The van der Waals surface area contributed by atoms with Crippen molar-refractivity contribution in [2.45, 2.75) is 0 Å². The maximum atomic E-state index is 13.5. The number of benzene rings is 2. The highest BCUT2D eigenvalue weighted by molar-refractivity contribution is 6.30. The van der Waals surface area contributed by atoms with Gasteiger partial charge in [-0.05, 0) is 24.3 Å². The molecule has 0 spiro atoms. The number of hydrogen-bond donors (Lipinski definition) is 2. The fourth-order valence-electron chi connectivity index (χ4n) is 1.45. The number of para-hydroxylation sites is 1. The molecule has 2 rings (SSSR count). The van der Waals surface area contributed by atoms with Crippen molar-refractivity contribution in [3.8, 4) is 11.5 Å². The molecule has 5 heteroatoms. The highest BCUT2D eigenvalue weighted by Crippen LogP contribution is 2.29. The average molecular weight is 265 g/mol. The van der Waals surface area contributed by atoms with E-state index in [1.165, 1.54) is 18.2 Å². The van der Waals surface area contributed by atoms with Gasteiger partial charge in [0.2, 0.25) is 0 Å². The van der Waals surface area contributed by atoms with Crippen molar-refractivity contribution < 1.29 is 9.13 Å². The summed E-state index contributed by atoms with van der Waals surface area (Å²) in [5.74, 6) is -0.354. The van der Waals surface area contributed by atoms with Crippen molar-refractivity contribution in [2.75, 3.05) is 0 Å². The van der Waals surface area contributed by atoms with Gasteiger partial charge in [-0.2, -0.15) is 0 Å². The molecule has 0 aliphatic carbocycles. The van der Waals surface area contributed by atoms with Gasteiger partial charge in [-0.1, -0.05) is 23.7 Å². The highest BCUT2D eigenvalue weighted by atomic mass is 35.5. The molecule has 2 aromatic rings. The van der Waals surface area contributed by atoms with Gasteiger partial charge in [-0.25, -0.2) is 4.39 Å². The van der Waals surface area contributed by atoms with Crippen LogP contribution in [0.2, 0.25) is 5.02 Å². The minimum atomic E-state index is -0.494. The van der Waals surface area contributed by atoms with Crippen LogP contribution in [0.1, 0.15) is 5.56 Å². The van der Waals surface area contributed by atoms with E-state index in [0.717, 1.165) is 0 Å². The molecule has 0 atom stereocenters. The number of nitrogens with one attached hydrogen (secondary N) is 1. The van der Waals surface area contributed by atoms with Crippen LogP contribution in [0.25, 0.3) is 0 Å². The third kappa shape index (κ3) is 2.60. The average Bonchev–Trinajstić information content (AvgIpc) is 2.32. The van der Waals surface area contributed by atoms with Crippen LogP contribution in [0.3, 0.4) is 0 Å². The predicted molar refractivity (Wildman–Crippen MR) is 68.9 cm³/mol. The summed E-state index contributed by atoms with van der Waals surface area (Å²) in [4.78, 5) is 0. The van der Waals surface area contributed by atoms with Crippen molar-refractivity contribution in [2.24, 2.45) is 5.73 Å². The maximum absolute atomic E-state index is 13.5. The van der Waals surface area contributed by atoms with E-state index >= 15 is 0 Å². The second-order valence-electron chi connectivity index (χ2n) is 3.59. The zero-order valence-corrected chi connectivity index (χ0v) is 10.0. The summed E-state index contributed by atoms with van der Waals surface area (Å²) in [5.41, 5.74) is 5.79. The van der Waals surface area contributed by atoms with Crippen molar-refractivity contribution in [1.82, 2.24) is 0 Å². The third-order valence-electron chi connectivity index (χ3n) is 2.29. The fraction of sp³-hybridized carbons (Fsp3) is 0. The predicted octanol–water partition coefficient (Wildman–Crippen LogP) is 3.56. The van der Waals surface area contributed by atoms with Crippen LogP contribution >= 0.6 is 11.6 Å². The molecule has 0 aliphatic rings. The Labute approximate surface area is 108 Å². The quantitative estimate of drug-likeness (QED) is 0.658. The smallest absolute Gasteiger partial charge is 0.165 e. The van der Waals surface area contributed by atoms with Gasteiger partial charge in [0.25, 0.3) is 0 Å². The molecule has 0 unspecified atom stereocenters. The Morgan fingerprint density at radius 2 is 1.89 bits per heavy atom. The van der Waals surface area contributed by atoms with E-state index in [0.29, 0.717) is 10.6 Å². The standard InChI is InChI=1S/C13H10ClFN2O/c14-8-5-6-9(13(16)17)12(7-8)18-11-4-2-1-3-10(11)15/h1-7H,(H3,16,17). The Balaban J connectivity index is 2.42. The Morgan fingerprint density at radius 3 is 2.56 bits per heavy atom. The van der Waals surface area contributed by atoms with Crippen LogP contribution in [0.15, 0.2) is 42.5 Å². The number of amidine groups is 1. The van der Waals surface area contributed by atoms with Gasteiger partial charge < -0.3 is 10.5 Å². The molecule has 0 fully saturated rings. The van der Waals surface area contributed by atoms with Crippen LogP contribution in [0.4, 0.5) is 4.39 Å². The summed E-state index contributed by atoms with van der Waals surface area (Å²) in [6.07, 6.45) is 0. The minimum Gasteiger partial charge on any atom is -0.453 e. The summed E-state index contributed by atoms with van der Waals surface area (Å²) in [7, 11) is 0. The number of halogens is 2. The van der Waals surface area contributed by atoms with E-state index in [2.05, 4.69) is 0 Å². The van der Waals surface area contributed by atoms with Gasteiger partial charge in [0, 0.05) is 11.1 Å². The molecule has 0 bridgehead atoms. The van der Waals surface area contributed by atoms with E-state index in [1.54, 1.807) is 24.3 Å². The first-order valence-electron chi connectivity index (χ1n) is 5.14. The monoisotopic (exact) mass is 264 g/mol. The second kappa shape index (κ2) is 5.06. The van der Waals surface area contributed by atoms with Crippen LogP contribution in [-0.2, 0) is 0 Å². The lowest BCUT2D eigenvalue weighted by atomic mass is 10.2. The van der Waals surface area contributed by atoms with E-state index in [-0.39, 0.29) is 17.3 Å². The highest BCUT2D eigenvalue weighted by Gasteiger charge is 2.10. The van der Waals surface area contributed by atoms with E-state index in [1.807, 2.05) is 0 Å². The zero-order chi connectivity index (χ0) is 13.1. The largest absolute Gasteiger partial charge is 0.453 e. The molecule has 0 aromatic heterocycles. The lowest BCUT2D eigenvalue weighted by Crippen LogP contribution is -2.12. The van der Waals surface area contributed by atoms with Gasteiger partial charge in [-0.15, -0.1) is 0 Å². The van der Waals surface area contributed by atoms with E-state index < -0.39 is 5.82 Å². The summed E-state index contributed by atoms with van der Waals surface area (Å²) >= 11 is 5.84. The first-order valence-corrected chi connectivity index (χ1v) is 5.52. The molecule has 0 amide bonds. The molecule has 0 radical (unpaired) electrons. The number of hydrogen-bond acceptors (Lipinski definition) is 2. The second-order valence-corrected chi connectivity index (χ2v) is 4.02.